The zero-order chi connectivity index (χ0) is 48.0. The molecule has 3 N–H and O–H groups in total. The molecule has 64 heavy (non-hydrogen) atoms. The molecule has 2 aliphatic heterocycles. The van der Waals surface area contributed by atoms with Gasteiger partial charge in [-0.3, -0.25) is 38.4 Å². The van der Waals surface area contributed by atoms with E-state index in [0.29, 0.717) is 6.07 Å². The van der Waals surface area contributed by atoms with Gasteiger partial charge in [-0.1, -0.05) is 0 Å². The number of phenolic OH excluding ortho intramolecular Hbond substituents is 2. The van der Waals surface area contributed by atoms with Crippen LogP contribution in [0.1, 0.15) is 65.7 Å². The minimum Gasteiger partial charge on any atom is -0.504 e. The normalized spacial score (nSPS) is 26.3. The average molecular weight is 911 g/mol. The number of phenols is 2. The van der Waals surface area contributed by atoms with Gasteiger partial charge in [-0.05, 0) is 24.4 Å². The number of benzene rings is 1. The Bertz CT molecular complexity index is 2240. The first-order valence-corrected chi connectivity index (χ1v) is 19.0. The Morgan fingerprint density at radius 2 is 1.14 bits per heavy atom. The van der Waals surface area contributed by atoms with Gasteiger partial charge in [-0.15, -0.1) is 0 Å². The molecule has 2 aromatic carbocycles. The van der Waals surface area contributed by atoms with Crippen LogP contribution >= 0.6 is 0 Å². The van der Waals surface area contributed by atoms with Crippen LogP contribution in [-0.2, 0) is 85.7 Å². The molecule has 10 atom stereocenters. The molecule has 4 rings (SSSR count). The second-order valence-electron chi connectivity index (χ2n) is 14.4. The van der Waals surface area contributed by atoms with Gasteiger partial charge in [0.15, 0.2) is 48.0 Å². The van der Waals surface area contributed by atoms with Crippen LogP contribution in [0.25, 0.3) is 10.8 Å². The van der Waals surface area contributed by atoms with Crippen LogP contribution in [0.2, 0.25) is 0 Å². The number of carbonyl (C=O) groups excluding carboxylic acids is 8. The van der Waals surface area contributed by atoms with Gasteiger partial charge in [0.25, 0.3) is 0 Å². The number of carbonyl (C=O) groups is 8. The highest BCUT2D eigenvalue weighted by molar-refractivity contribution is 6.00. The highest BCUT2D eigenvalue weighted by Crippen LogP contribution is 2.47. The van der Waals surface area contributed by atoms with Crippen LogP contribution in [0.3, 0.4) is 0 Å². The minimum atomic E-state index is -2.34. The summed E-state index contributed by atoms with van der Waals surface area (Å²) in [5.74, 6) is -11.9. The summed E-state index contributed by atoms with van der Waals surface area (Å²) >= 11 is 0. The largest absolute Gasteiger partial charge is 0.504 e. The summed E-state index contributed by atoms with van der Waals surface area (Å²) in [7, 11) is 1.01. The van der Waals surface area contributed by atoms with E-state index in [9.17, 15) is 58.5 Å². The van der Waals surface area contributed by atoms with Gasteiger partial charge in [-0.25, -0.2) is 4.79 Å². The Hall–Kier alpha value is -6.79. The Balaban J connectivity index is 1.96. The second kappa shape index (κ2) is 20.6. The molecule has 350 valence electrons. The van der Waals surface area contributed by atoms with Gasteiger partial charge in [0.2, 0.25) is 23.6 Å². The fourth-order valence-corrected chi connectivity index (χ4v) is 6.88. The topological polar surface area (TPSA) is 325 Å². The first-order chi connectivity index (χ1) is 29.9. The highest BCUT2D eigenvalue weighted by Gasteiger charge is 2.63. The molecule has 24 heteroatoms. The number of fused-ring (bicyclic) bond motifs is 1. The van der Waals surface area contributed by atoms with Crippen LogP contribution in [0.4, 0.5) is 0 Å². The number of ether oxygens (including phenoxy) is 12. The third-order valence-electron chi connectivity index (χ3n) is 9.42. The smallest absolute Gasteiger partial charge is 0.338 e. The molecule has 0 aromatic heterocycles. The number of aromatic hydroxyl groups is 3. The minimum absolute atomic E-state index is 0.296. The van der Waals surface area contributed by atoms with Crippen molar-refractivity contribution in [1.82, 2.24) is 0 Å². The van der Waals surface area contributed by atoms with Crippen molar-refractivity contribution in [3.8, 4) is 23.0 Å². The summed E-state index contributed by atoms with van der Waals surface area (Å²) in [5, 5.41) is 32.0. The first-order valence-electron chi connectivity index (χ1n) is 19.0. The summed E-state index contributed by atoms with van der Waals surface area (Å²) in [4.78, 5) is 113. The summed E-state index contributed by atoms with van der Waals surface area (Å²) in [5.41, 5.74) is -3.90. The quantitative estimate of drug-likeness (QED) is 0.132. The lowest BCUT2D eigenvalue weighted by atomic mass is 9.84. The Morgan fingerprint density at radius 3 is 1.69 bits per heavy atom. The molecule has 2 saturated heterocycles. The van der Waals surface area contributed by atoms with Gasteiger partial charge < -0.3 is 72.2 Å². The predicted octanol–water partition coefficient (Wildman–Crippen LogP) is 0.492. The molecule has 0 saturated carbocycles. The molecular weight excluding hydrogens is 864 g/mol. The van der Waals surface area contributed by atoms with Gasteiger partial charge in [0, 0.05) is 54.5 Å². The molecule has 2 fully saturated rings. The van der Waals surface area contributed by atoms with E-state index in [1.165, 1.54) is 6.92 Å². The van der Waals surface area contributed by atoms with Crippen LogP contribution in [0.5, 0.6) is 23.0 Å². The van der Waals surface area contributed by atoms with E-state index in [1.54, 1.807) is 0 Å². The fraction of sp³-hybridized carbons (Fsp3) is 0.525. The van der Waals surface area contributed by atoms with Crippen LogP contribution in [0, 0.1) is 0 Å². The van der Waals surface area contributed by atoms with E-state index in [0.717, 1.165) is 67.7 Å². The van der Waals surface area contributed by atoms with Crippen molar-refractivity contribution in [1.29, 1.82) is 0 Å². The molecule has 0 spiro atoms. The summed E-state index contributed by atoms with van der Waals surface area (Å²) in [6, 6.07) is 2.64. The first kappa shape index (κ1) is 49.9. The monoisotopic (exact) mass is 910 g/mol. The lowest BCUT2D eigenvalue weighted by Crippen LogP contribution is -2.72. The van der Waals surface area contributed by atoms with Crippen molar-refractivity contribution in [2.45, 2.75) is 116 Å². The Kier molecular flexibility index (Phi) is 16.0. The van der Waals surface area contributed by atoms with Crippen LogP contribution in [0.15, 0.2) is 23.0 Å². The van der Waals surface area contributed by atoms with Crippen molar-refractivity contribution < 1.29 is 111 Å². The van der Waals surface area contributed by atoms with E-state index in [4.69, 9.17) is 52.1 Å². The van der Waals surface area contributed by atoms with Gasteiger partial charge in [-0.2, -0.15) is 0 Å². The second-order valence-corrected chi connectivity index (χ2v) is 14.4. The van der Waals surface area contributed by atoms with Crippen molar-refractivity contribution >= 4 is 58.5 Å². The summed E-state index contributed by atoms with van der Waals surface area (Å²) < 4.78 is 67.6. The molecule has 0 bridgehead atoms. The standard InChI is InChI=1S/C40H46O24/c1-15(41)54-13-26-32(56-17(3)43)33(57-18(4)44)34(58-19(5)45)39(62-26)64-40(8)27(14-55-16(2)42)63-38(35(59-20(6)46)36(40)60-21(7)47)61-25-12-22-10-23(37(52)53-9)11-24(48)29(49)28(22)31(51)30(25)50/h10-12,26-27,32-36,38-39,50-51H,13-14H2,1-9H3,(H,48,49)/t26-,27-,32-,33+,34-,35-,36-,38-,39-,40+/m1/s1. The molecule has 0 radical (unpaired) electrons. The highest BCUT2D eigenvalue weighted by atomic mass is 16.8. The van der Waals surface area contributed by atoms with E-state index < -0.39 is 161 Å². The lowest BCUT2D eigenvalue weighted by molar-refractivity contribution is -0.381. The summed E-state index contributed by atoms with van der Waals surface area (Å²) in [6.45, 7) is 6.56. The Labute approximate surface area is 362 Å². The van der Waals surface area contributed by atoms with E-state index in [1.807, 2.05) is 0 Å². The summed E-state index contributed by atoms with van der Waals surface area (Å²) in [6.07, 6.45) is -16.6. The zero-order valence-corrected chi connectivity index (χ0v) is 35.8. The third kappa shape index (κ3) is 11.6. The zero-order valence-electron chi connectivity index (χ0n) is 35.8. The number of hydrogen-bond acceptors (Lipinski definition) is 24. The molecule has 2 aliphatic rings. The van der Waals surface area contributed by atoms with Crippen molar-refractivity contribution in [3.05, 3.63) is 34.0 Å². The molecule has 2 aromatic rings. The fourth-order valence-electron chi connectivity index (χ4n) is 6.88. The molecule has 0 aliphatic carbocycles. The number of hydrogen-bond donors (Lipinski definition) is 3. The van der Waals surface area contributed by atoms with Gasteiger partial charge in [0.05, 0.1) is 18.1 Å². The number of methoxy groups -OCH3 is 1. The molecule has 24 nitrogen and oxygen atoms in total. The van der Waals surface area contributed by atoms with Crippen molar-refractivity contribution in [3.63, 3.8) is 0 Å². The van der Waals surface area contributed by atoms with Crippen LogP contribution < -0.4 is 10.2 Å². The SMILES string of the molecule is COC(=O)c1cc(=O)c(O)c2c(O)c(O)c(O[C@@H]3O[C@H](COC(C)=O)[C@](C)(O[C@H]4O[C@H](COC(C)=O)[C@@H](OC(C)=O)[C@H](OC(C)=O)[C@H]4OC(C)=O)[C@H](OC(C)=O)[C@H]3OC(C)=O)cc2c1. The predicted molar refractivity (Wildman–Crippen MR) is 205 cm³/mol. The maximum absolute atomic E-state index is 12.9. The molecule has 0 amide bonds. The van der Waals surface area contributed by atoms with E-state index in [-0.39, 0.29) is 5.39 Å². The maximum atomic E-state index is 12.9. The van der Waals surface area contributed by atoms with E-state index >= 15 is 0 Å². The average Bonchev–Trinajstić information content (AvgIpc) is 3.30. The van der Waals surface area contributed by atoms with Crippen molar-refractivity contribution in [2.24, 2.45) is 0 Å². The Morgan fingerprint density at radius 1 is 0.609 bits per heavy atom. The number of esters is 8. The van der Waals surface area contributed by atoms with E-state index in [2.05, 4.69) is 4.74 Å². The third-order valence-corrected chi connectivity index (χ3v) is 9.42. The molecule has 2 heterocycles. The van der Waals surface area contributed by atoms with Crippen LogP contribution in [-0.4, -0.2) is 144 Å². The van der Waals surface area contributed by atoms with Crippen molar-refractivity contribution in [2.75, 3.05) is 20.3 Å². The molecular formula is C40H46O24. The lowest BCUT2D eigenvalue weighted by Gasteiger charge is -2.53. The number of rotatable bonds is 14. The maximum Gasteiger partial charge on any atom is 0.338 e. The van der Waals surface area contributed by atoms with Gasteiger partial charge in [0.1, 0.15) is 31.0 Å². The molecule has 0 unspecified atom stereocenters. The van der Waals surface area contributed by atoms with Gasteiger partial charge >= 0.3 is 47.8 Å².